The van der Waals surface area contributed by atoms with E-state index in [0.717, 1.165) is 6.92 Å². The number of likely N-dealkylation sites (tertiary alicyclic amines) is 1. The minimum Gasteiger partial charge on any atom is -0.497 e. The lowest BCUT2D eigenvalue weighted by molar-refractivity contribution is -0.252. The zero-order valence-corrected chi connectivity index (χ0v) is 20.5. The van der Waals surface area contributed by atoms with Crippen molar-refractivity contribution in [1.82, 2.24) is 10.2 Å². The number of carbonyl (C=O) groups excluding carboxylic acids is 1. The van der Waals surface area contributed by atoms with Crippen molar-refractivity contribution < 1.29 is 53.1 Å². The molecule has 35 heavy (non-hydrogen) atoms. The molecular weight excluding hydrogens is 487 g/mol. The van der Waals surface area contributed by atoms with Crippen LogP contribution in [0.1, 0.15) is 19.8 Å². The van der Waals surface area contributed by atoms with Gasteiger partial charge in [-0.2, -0.15) is 0 Å². The van der Waals surface area contributed by atoms with E-state index < -0.39 is 62.0 Å². The van der Waals surface area contributed by atoms with Gasteiger partial charge >= 0.3 is 13.6 Å². The number of nitrogens with one attached hydrogen (secondary N) is 1. The number of ether oxygens (including phenoxy) is 2. The van der Waals surface area contributed by atoms with Crippen LogP contribution in [0.15, 0.2) is 24.3 Å². The molecule has 1 unspecified atom stereocenters. The molecule has 2 aliphatic heterocycles. The zero-order chi connectivity index (χ0) is 26.0. The lowest BCUT2D eigenvalue weighted by atomic mass is 9.97. The fourth-order valence-electron chi connectivity index (χ4n) is 4.30. The van der Waals surface area contributed by atoms with E-state index in [1.807, 2.05) is 0 Å². The van der Waals surface area contributed by atoms with Crippen LogP contribution < -0.4 is 14.6 Å². The van der Waals surface area contributed by atoms with Crippen molar-refractivity contribution in [3.8, 4) is 11.5 Å². The topological polar surface area (TPSA) is 184 Å². The summed E-state index contributed by atoms with van der Waals surface area (Å²) in [6, 6.07) is 4.64. The van der Waals surface area contributed by atoms with E-state index in [2.05, 4.69) is 5.32 Å². The van der Waals surface area contributed by atoms with E-state index in [1.165, 1.54) is 43.3 Å². The molecule has 2 saturated heterocycles. The molecule has 13 nitrogen and oxygen atoms in total. The zero-order valence-electron chi connectivity index (χ0n) is 19.6. The number of aliphatic hydroxyl groups is 3. The van der Waals surface area contributed by atoms with Gasteiger partial charge in [-0.1, -0.05) is 0 Å². The molecule has 3 rings (SSSR count). The molecule has 2 fully saturated rings. The summed E-state index contributed by atoms with van der Waals surface area (Å²) in [6.07, 6.45) is -6.03. The Morgan fingerprint density at radius 3 is 2.34 bits per heavy atom. The third kappa shape index (κ3) is 5.31. The molecule has 0 bridgehead atoms. The van der Waals surface area contributed by atoms with E-state index in [1.54, 1.807) is 0 Å². The number of methoxy groups -OCH3 is 1. The monoisotopic (exact) mass is 518 g/mol. The molecule has 0 aliphatic carbocycles. The Kier molecular flexibility index (Phi) is 8.43. The van der Waals surface area contributed by atoms with Gasteiger partial charge in [0.05, 0.1) is 13.7 Å². The van der Waals surface area contributed by atoms with Crippen molar-refractivity contribution in [1.29, 1.82) is 0 Å². The third-order valence-corrected chi connectivity index (χ3v) is 8.83. The van der Waals surface area contributed by atoms with Crippen LogP contribution in [0.3, 0.4) is 0 Å². The maximum atomic E-state index is 14.2. The SMILES string of the molecule is COc1ccc(OP(=O)(OC[C@H]2O[C@H](O)[C@@H](NC(C)=O)[C@@H](O)[C@@H]2O)[C@@]2(C(=O)O)CCCN2C)cc1. The van der Waals surface area contributed by atoms with Gasteiger partial charge in [-0.3, -0.25) is 14.2 Å². The molecule has 2 aliphatic rings. The van der Waals surface area contributed by atoms with Crippen molar-refractivity contribution in [3.05, 3.63) is 24.3 Å². The molecule has 2 heterocycles. The number of hydrogen-bond donors (Lipinski definition) is 5. The smallest absolute Gasteiger partial charge is 0.410 e. The van der Waals surface area contributed by atoms with Crippen LogP contribution in [0.4, 0.5) is 0 Å². The second kappa shape index (κ2) is 10.8. The van der Waals surface area contributed by atoms with E-state index in [4.69, 9.17) is 18.5 Å². The van der Waals surface area contributed by atoms with Gasteiger partial charge in [-0.05, 0) is 50.7 Å². The molecule has 5 N–H and O–H groups in total. The predicted molar refractivity (Wildman–Crippen MR) is 120 cm³/mol. The summed E-state index contributed by atoms with van der Waals surface area (Å²) in [6.45, 7) is 0.805. The normalized spacial score (nSPS) is 33.0. The first-order valence-electron chi connectivity index (χ1n) is 10.9. The fourth-order valence-corrected chi connectivity index (χ4v) is 6.65. The Morgan fingerprint density at radius 1 is 1.20 bits per heavy atom. The predicted octanol–water partition coefficient (Wildman–Crippen LogP) is -0.266. The molecule has 7 atom stereocenters. The summed E-state index contributed by atoms with van der Waals surface area (Å²) in [5.74, 6) is -1.42. The number of carboxylic acids is 1. The number of benzene rings is 1. The van der Waals surface area contributed by atoms with Gasteiger partial charge in [-0.25, -0.2) is 9.36 Å². The summed E-state index contributed by atoms with van der Waals surface area (Å²) in [4.78, 5) is 25.1. The van der Waals surface area contributed by atoms with E-state index in [9.17, 15) is 34.6 Å². The highest BCUT2D eigenvalue weighted by atomic mass is 31.2. The van der Waals surface area contributed by atoms with Crippen LogP contribution in [-0.4, -0.2) is 100 Å². The van der Waals surface area contributed by atoms with Crippen LogP contribution >= 0.6 is 7.60 Å². The van der Waals surface area contributed by atoms with E-state index >= 15 is 0 Å². The van der Waals surface area contributed by atoms with Crippen LogP contribution in [-0.2, 0) is 23.4 Å². The number of hydrogen-bond acceptors (Lipinski definition) is 11. The number of amides is 1. The van der Waals surface area contributed by atoms with Crippen molar-refractivity contribution in [2.75, 3.05) is 27.3 Å². The quantitative estimate of drug-likeness (QED) is 0.270. The lowest BCUT2D eigenvalue weighted by Crippen LogP contribution is -2.64. The summed E-state index contributed by atoms with van der Waals surface area (Å²) in [5.41, 5.74) is 0. The Labute approximate surface area is 202 Å². The lowest BCUT2D eigenvalue weighted by Gasteiger charge is -2.42. The number of likely N-dealkylation sites (N-methyl/N-ethyl adjacent to an activating group) is 1. The molecule has 0 saturated carbocycles. The van der Waals surface area contributed by atoms with Crippen molar-refractivity contribution >= 4 is 19.5 Å². The van der Waals surface area contributed by atoms with Gasteiger partial charge in [0.1, 0.15) is 35.9 Å². The number of carbonyl (C=O) groups is 2. The number of carboxylic acid groups (broad SMARTS) is 1. The molecule has 196 valence electrons. The van der Waals surface area contributed by atoms with E-state index in [-0.39, 0.29) is 12.2 Å². The van der Waals surface area contributed by atoms with Gasteiger partial charge < -0.3 is 39.7 Å². The molecular formula is C21H31N2O11P. The second-order valence-electron chi connectivity index (χ2n) is 8.48. The average Bonchev–Trinajstić information content (AvgIpc) is 3.21. The van der Waals surface area contributed by atoms with Gasteiger partial charge in [0.15, 0.2) is 6.29 Å². The average molecular weight is 518 g/mol. The first-order chi connectivity index (χ1) is 16.4. The minimum atomic E-state index is -4.56. The molecule has 1 amide bonds. The third-order valence-electron chi connectivity index (χ3n) is 6.23. The maximum absolute atomic E-state index is 14.2. The van der Waals surface area contributed by atoms with Crippen molar-refractivity contribution in [2.45, 2.75) is 55.7 Å². The van der Waals surface area contributed by atoms with E-state index in [0.29, 0.717) is 18.7 Å². The summed E-state index contributed by atoms with van der Waals surface area (Å²) >= 11 is 0. The van der Waals surface area contributed by atoms with Gasteiger partial charge in [0, 0.05) is 6.92 Å². The fraction of sp³-hybridized carbons (Fsp3) is 0.619. The number of nitrogens with zero attached hydrogens (tertiary/aromatic N) is 1. The highest BCUT2D eigenvalue weighted by molar-refractivity contribution is 7.57. The largest absolute Gasteiger partial charge is 0.497 e. The second-order valence-corrected chi connectivity index (χ2v) is 10.7. The molecule has 0 spiro atoms. The highest BCUT2D eigenvalue weighted by Crippen LogP contribution is 2.64. The molecule has 14 heteroatoms. The molecule has 1 aromatic rings. The summed E-state index contributed by atoms with van der Waals surface area (Å²) < 4.78 is 35.9. The Morgan fingerprint density at radius 2 is 1.83 bits per heavy atom. The van der Waals surface area contributed by atoms with Gasteiger partial charge in [0.25, 0.3) is 0 Å². The molecule has 0 radical (unpaired) electrons. The molecule has 1 aromatic carbocycles. The standard InChI is InChI=1S/C21H31N2O11P/c1-12(24)22-16-18(26)17(25)15(33-19(16)27)11-32-35(30,21(20(28)29)9-4-10-23(21)2)34-14-7-5-13(31-3)6-8-14/h5-8,15-19,25-27H,4,9-11H2,1-3H3,(H,22,24)(H,28,29)/t15-,16+,17-,18-,19+,21-,35?/m1/s1. The number of aliphatic hydroxyl groups excluding tert-OH is 3. The van der Waals surface area contributed by atoms with Crippen molar-refractivity contribution in [2.24, 2.45) is 0 Å². The maximum Gasteiger partial charge on any atom is 0.410 e. The Bertz CT molecular complexity index is 961. The first-order valence-corrected chi connectivity index (χ1v) is 12.5. The summed E-state index contributed by atoms with van der Waals surface area (Å²) in [5, 5.41) is 41.4. The highest BCUT2D eigenvalue weighted by Gasteiger charge is 2.64. The van der Waals surface area contributed by atoms with Crippen LogP contribution in [0.2, 0.25) is 0 Å². The first kappa shape index (κ1) is 27.3. The number of aliphatic carboxylic acids is 1. The Hall–Kier alpha value is -2.25. The number of rotatable bonds is 9. The Balaban J connectivity index is 1.88. The minimum absolute atomic E-state index is 0.0315. The van der Waals surface area contributed by atoms with Crippen LogP contribution in [0.25, 0.3) is 0 Å². The van der Waals surface area contributed by atoms with Crippen molar-refractivity contribution in [3.63, 3.8) is 0 Å². The molecule has 0 aromatic heterocycles. The summed E-state index contributed by atoms with van der Waals surface area (Å²) in [7, 11) is -1.61. The van der Waals surface area contributed by atoms with Gasteiger partial charge in [-0.15, -0.1) is 0 Å². The van der Waals surface area contributed by atoms with Gasteiger partial charge in [0.2, 0.25) is 11.2 Å². The van der Waals surface area contributed by atoms with Crippen LogP contribution in [0.5, 0.6) is 11.5 Å². The van der Waals surface area contributed by atoms with Crippen LogP contribution in [0, 0.1) is 0 Å².